The summed E-state index contributed by atoms with van der Waals surface area (Å²) in [6.07, 6.45) is -1.58. The van der Waals surface area contributed by atoms with Crippen LogP contribution in [0.1, 0.15) is 45.6 Å². The Bertz CT molecular complexity index is 952. The minimum atomic E-state index is -1.54. The van der Waals surface area contributed by atoms with E-state index in [0.29, 0.717) is 12.0 Å². The molecular formula is C24H36N4O9. The molecule has 1 aromatic rings. The molecule has 0 heterocycles. The van der Waals surface area contributed by atoms with Crippen LogP contribution in [-0.4, -0.2) is 80.4 Å². The van der Waals surface area contributed by atoms with Crippen LogP contribution in [0.4, 0.5) is 0 Å². The second kappa shape index (κ2) is 14.8. The number of benzene rings is 1. The largest absolute Gasteiger partial charge is 0.508 e. The predicted molar refractivity (Wildman–Crippen MR) is 131 cm³/mol. The van der Waals surface area contributed by atoms with Crippen molar-refractivity contribution in [3.63, 3.8) is 0 Å². The Morgan fingerprint density at radius 2 is 1.43 bits per heavy atom. The summed E-state index contributed by atoms with van der Waals surface area (Å²) >= 11 is 0. The number of carboxylic acids is 2. The van der Waals surface area contributed by atoms with Crippen LogP contribution in [0, 0.1) is 5.92 Å². The fourth-order valence-electron chi connectivity index (χ4n) is 3.35. The number of phenolic OH excluding ortho intramolecular Hbond substituents is 1. The highest BCUT2D eigenvalue weighted by molar-refractivity contribution is 5.94. The van der Waals surface area contributed by atoms with E-state index in [4.69, 9.17) is 10.8 Å². The lowest BCUT2D eigenvalue weighted by Gasteiger charge is -2.29. The summed E-state index contributed by atoms with van der Waals surface area (Å²) < 4.78 is 0. The molecule has 1 aromatic carbocycles. The summed E-state index contributed by atoms with van der Waals surface area (Å²) in [5.74, 6) is -5.43. The van der Waals surface area contributed by atoms with E-state index in [1.807, 2.05) is 0 Å². The highest BCUT2D eigenvalue weighted by atomic mass is 16.4. The molecule has 13 heteroatoms. The molecule has 6 unspecified atom stereocenters. The molecule has 0 radical (unpaired) electrons. The predicted octanol–water partition coefficient (Wildman–Crippen LogP) is -0.907. The van der Waals surface area contributed by atoms with Gasteiger partial charge < -0.3 is 42.1 Å². The van der Waals surface area contributed by atoms with Gasteiger partial charge in [0.15, 0.2) is 0 Å². The number of carboxylic acid groups (broad SMARTS) is 2. The van der Waals surface area contributed by atoms with E-state index >= 15 is 0 Å². The number of nitrogens with two attached hydrogens (primary N) is 1. The normalized spacial score (nSPS) is 15.8. The van der Waals surface area contributed by atoms with Gasteiger partial charge in [-0.25, -0.2) is 4.79 Å². The third-order valence-electron chi connectivity index (χ3n) is 5.85. The fraction of sp³-hybridized carbons (Fsp3) is 0.542. The Kier molecular flexibility index (Phi) is 12.5. The van der Waals surface area contributed by atoms with Crippen molar-refractivity contribution in [1.82, 2.24) is 16.0 Å². The minimum absolute atomic E-state index is 0.0117. The monoisotopic (exact) mass is 524 g/mol. The van der Waals surface area contributed by atoms with E-state index in [2.05, 4.69) is 16.0 Å². The lowest BCUT2D eigenvalue weighted by Crippen LogP contribution is -2.61. The van der Waals surface area contributed by atoms with Crippen LogP contribution < -0.4 is 21.7 Å². The van der Waals surface area contributed by atoms with Gasteiger partial charge in [-0.2, -0.15) is 0 Å². The first-order valence-corrected chi connectivity index (χ1v) is 11.8. The summed E-state index contributed by atoms with van der Waals surface area (Å²) in [5.41, 5.74) is 6.24. The number of rotatable bonds is 15. The molecule has 0 fully saturated rings. The van der Waals surface area contributed by atoms with E-state index in [1.165, 1.54) is 31.2 Å². The van der Waals surface area contributed by atoms with Gasteiger partial charge in [0.1, 0.15) is 23.9 Å². The van der Waals surface area contributed by atoms with Crippen molar-refractivity contribution >= 4 is 29.7 Å². The number of nitrogens with one attached hydrogen (secondary N) is 3. The van der Waals surface area contributed by atoms with Crippen LogP contribution in [0.15, 0.2) is 24.3 Å². The maximum Gasteiger partial charge on any atom is 0.326 e. The van der Waals surface area contributed by atoms with Crippen molar-refractivity contribution in [3.05, 3.63) is 29.8 Å². The molecule has 9 N–H and O–H groups in total. The van der Waals surface area contributed by atoms with E-state index in [0.717, 1.165) is 0 Å². The molecule has 1 rings (SSSR count). The molecule has 6 atom stereocenters. The number of amides is 3. The van der Waals surface area contributed by atoms with Gasteiger partial charge in [-0.05, 0) is 37.0 Å². The Balaban J connectivity index is 2.97. The number of aliphatic hydroxyl groups is 1. The fourth-order valence-corrected chi connectivity index (χ4v) is 3.35. The maximum atomic E-state index is 13.0. The molecule has 0 aliphatic rings. The average molecular weight is 525 g/mol. The van der Waals surface area contributed by atoms with Crippen molar-refractivity contribution in [2.24, 2.45) is 11.7 Å². The molecule has 0 saturated heterocycles. The number of aliphatic carboxylic acids is 2. The van der Waals surface area contributed by atoms with Crippen LogP contribution in [0.3, 0.4) is 0 Å². The first kappa shape index (κ1) is 31.3. The SMILES string of the molecule is CCC(C)C(NC(=O)C(N)CCC(=O)O)C(=O)NC(C(=O)NC(Cc1ccc(O)cc1)C(=O)O)C(C)O. The molecule has 206 valence electrons. The number of carbonyl (C=O) groups excluding carboxylic acids is 3. The number of carbonyl (C=O) groups is 5. The summed E-state index contributed by atoms with van der Waals surface area (Å²) in [6.45, 7) is 4.67. The van der Waals surface area contributed by atoms with Gasteiger partial charge in [0.2, 0.25) is 17.7 Å². The number of aliphatic hydroxyl groups excluding tert-OH is 1. The quantitative estimate of drug-likeness (QED) is 0.141. The Morgan fingerprint density at radius 3 is 1.92 bits per heavy atom. The van der Waals surface area contributed by atoms with E-state index in [1.54, 1.807) is 13.8 Å². The Morgan fingerprint density at radius 1 is 0.892 bits per heavy atom. The van der Waals surface area contributed by atoms with Crippen molar-refractivity contribution in [3.8, 4) is 5.75 Å². The van der Waals surface area contributed by atoms with Crippen LogP contribution >= 0.6 is 0 Å². The zero-order valence-corrected chi connectivity index (χ0v) is 21.0. The number of hydrogen-bond donors (Lipinski definition) is 8. The first-order chi connectivity index (χ1) is 17.3. The van der Waals surface area contributed by atoms with Crippen molar-refractivity contribution in [2.75, 3.05) is 0 Å². The van der Waals surface area contributed by atoms with E-state index < -0.39 is 65.8 Å². The van der Waals surface area contributed by atoms with Crippen LogP contribution in [-0.2, 0) is 30.4 Å². The van der Waals surface area contributed by atoms with Crippen molar-refractivity contribution in [1.29, 1.82) is 0 Å². The average Bonchev–Trinajstić information content (AvgIpc) is 2.83. The summed E-state index contributed by atoms with van der Waals surface area (Å²) in [7, 11) is 0. The minimum Gasteiger partial charge on any atom is -0.508 e. The lowest BCUT2D eigenvalue weighted by molar-refractivity contribution is -0.143. The molecule has 37 heavy (non-hydrogen) atoms. The molecular weight excluding hydrogens is 488 g/mol. The standard InChI is InChI=1S/C24H36N4O9/c1-4-12(2)19(27-21(33)16(25)9-10-18(31)32)22(34)28-20(13(3)29)23(35)26-17(24(36)37)11-14-5-7-15(30)8-6-14/h5-8,12-13,16-17,19-20,29-30H,4,9-11,25H2,1-3H3,(H,26,35)(H,27,33)(H,28,34)(H,31,32)(H,36,37). The van der Waals surface area contributed by atoms with Gasteiger partial charge in [0.05, 0.1) is 12.1 Å². The maximum absolute atomic E-state index is 13.0. The second-order valence-electron chi connectivity index (χ2n) is 8.91. The summed E-state index contributed by atoms with van der Waals surface area (Å²) in [5, 5.41) is 45.0. The van der Waals surface area contributed by atoms with Crippen LogP contribution in [0.25, 0.3) is 0 Å². The topological polar surface area (TPSA) is 228 Å². The Hall–Kier alpha value is -3.71. The molecule has 0 spiro atoms. The highest BCUT2D eigenvalue weighted by Crippen LogP contribution is 2.13. The Labute approximate surface area is 214 Å². The van der Waals surface area contributed by atoms with Crippen LogP contribution in [0.5, 0.6) is 5.75 Å². The first-order valence-electron chi connectivity index (χ1n) is 11.8. The molecule has 0 aliphatic carbocycles. The smallest absolute Gasteiger partial charge is 0.326 e. The summed E-state index contributed by atoms with van der Waals surface area (Å²) in [4.78, 5) is 60.8. The van der Waals surface area contributed by atoms with Crippen molar-refractivity contribution < 1.29 is 44.4 Å². The number of phenols is 1. The van der Waals surface area contributed by atoms with Gasteiger partial charge >= 0.3 is 11.9 Å². The van der Waals surface area contributed by atoms with Gasteiger partial charge in [-0.15, -0.1) is 0 Å². The van der Waals surface area contributed by atoms with E-state index in [9.17, 15) is 39.3 Å². The van der Waals surface area contributed by atoms with Gasteiger partial charge in [0.25, 0.3) is 0 Å². The molecule has 0 aliphatic heterocycles. The molecule has 0 aromatic heterocycles. The third kappa shape index (κ3) is 10.4. The van der Waals surface area contributed by atoms with Crippen molar-refractivity contribution in [2.45, 2.75) is 76.7 Å². The van der Waals surface area contributed by atoms with Gasteiger partial charge in [-0.1, -0.05) is 32.4 Å². The lowest BCUT2D eigenvalue weighted by atomic mass is 9.96. The summed E-state index contributed by atoms with van der Waals surface area (Å²) in [6, 6.07) is 0.443. The zero-order chi connectivity index (χ0) is 28.3. The second-order valence-corrected chi connectivity index (χ2v) is 8.91. The van der Waals surface area contributed by atoms with E-state index in [-0.39, 0.29) is 25.0 Å². The number of aromatic hydroxyl groups is 1. The highest BCUT2D eigenvalue weighted by Gasteiger charge is 2.34. The molecule has 3 amide bonds. The molecule has 0 bridgehead atoms. The van der Waals surface area contributed by atoms with Crippen LogP contribution in [0.2, 0.25) is 0 Å². The zero-order valence-electron chi connectivity index (χ0n) is 21.0. The molecule has 0 saturated carbocycles. The number of hydrogen-bond acceptors (Lipinski definition) is 8. The molecule has 13 nitrogen and oxygen atoms in total. The third-order valence-corrected chi connectivity index (χ3v) is 5.85. The van der Waals surface area contributed by atoms with Gasteiger partial charge in [0, 0.05) is 12.8 Å². The van der Waals surface area contributed by atoms with Gasteiger partial charge in [-0.3, -0.25) is 19.2 Å².